The van der Waals surface area contributed by atoms with Crippen molar-refractivity contribution in [1.82, 2.24) is 18.6 Å². The first kappa shape index (κ1) is 21.7. The Balaban J connectivity index is 1.60. The first-order valence-corrected chi connectivity index (χ1v) is 10.9. The first-order chi connectivity index (χ1) is 15.2. The van der Waals surface area contributed by atoms with Crippen molar-refractivity contribution in [3.8, 4) is 0 Å². The van der Waals surface area contributed by atoms with E-state index in [1.165, 1.54) is 36.4 Å². The van der Waals surface area contributed by atoms with Gasteiger partial charge in [-0.15, -0.1) is 0 Å². The molecule has 0 unspecified atom stereocenters. The van der Waals surface area contributed by atoms with E-state index in [-0.39, 0.29) is 49.0 Å². The van der Waals surface area contributed by atoms with Gasteiger partial charge in [-0.3, -0.25) is 4.79 Å². The summed E-state index contributed by atoms with van der Waals surface area (Å²) < 4.78 is 47.5. The van der Waals surface area contributed by atoms with Crippen LogP contribution in [0.3, 0.4) is 0 Å². The maximum absolute atomic E-state index is 13.4. The lowest BCUT2D eigenvalue weighted by molar-refractivity contribution is 0.0726. The van der Waals surface area contributed by atoms with Gasteiger partial charge in [0.1, 0.15) is 5.82 Å². The lowest BCUT2D eigenvalue weighted by atomic mass is 10.2. The lowest BCUT2D eigenvalue weighted by Gasteiger charge is -2.25. The number of ether oxygens (including phenoxy) is 1. The van der Waals surface area contributed by atoms with Gasteiger partial charge in [0.25, 0.3) is 5.91 Å². The molecule has 1 aliphatic rings. The molecule has 1 saturated heterocycles. The number of imidazole rings is 1. The van der Waals surface area contributed by atoms with Gasteiger partial charge in [-0.2, -0.15) is 12.7 Å². The minimum atomic E-state index is -4.12. The van der Waals surface area contributed by atoms with E-state index in [0.717, 1.165) is 14.9 Å². The number of morpholine rings is 1. The smallest absolute Gasteiger partial charge is 0.343 e. The Bertz CT molecular complexity index is 1300. The van der Waals surface area contributed by atoms with Gasteiger partial charge in [-0.25, -0.2) is 23.5 Å². The number of nitrogens with one attached hydrogen (secondary N) is 2. The van der Waals surface area contributed by atoms with Crippen LogP contribution in [0, 0.1) is 5.82 Å². The topological polar surface area (TPSA) is 149 Å². The molecule has 3 aromatic rings. The van der Waals surface area contributed by atoms with E-state index in [2.05, 4.69) is 10.3 Å². The fourth-order valence-corrected chi connectivity index (χ4v) is 4.30. The molecule has 13 heteroatoms. The average Bonchev–Trinajstić information content (AvgIpc) is 3.09. The molecule has 1 fully saturated rings. The van der Waals surface area contributed by atoms with Crippen molar-refractivity contribution in [3.05, 3.63) is 53.8 Å². The van der Waals surface area contributed by atoms with Crippen molar-refractivity contribution in [2.75, 3.05) is 37.4 Å². The largest absolute Gasteiger partial charge is 0.379 e. The highest BCUT2D eigenvalue weighted by molar-refractivity contribution is 7.87. The maximum atomic E-state index is 13.4. The lowest BCUT2D eigenvalue weighted by Crippen LogP contribution is -2.49. The molecule has 0 aliphatic carbocycles. The van der Waals surface area contributed by atoms with E-state index in [0.29, 0.717) is 5.52 Å². The molecule has 4 rings (SSSR count). The Morgan fingerprint density at radius 1 is 1.12 bits per heavy atom. The number of rotatable bonds is 4. The van der Waals surface area contributed by atoms with Gasteiger partial charge < -0.3 is 15.8 Å². The standard InChI is InChI=1S/C19H19FN6O5S/c20-13-3-1-2-12(10-13)17(27)22-14-4-5-15-16(11-14)26(18(21)23-15)19(28)24-32(29,30)25-6-8-31-9-7-25/h1-5,10-11H,6-9H2,(H2,21,23)(H,22,27)(H,24,28). The van der Waals surface area contributed by atoms with Gasteiger partial charge in [0, 0.05) is 24.3 Å². The number of carbonyl (C=O) groups is 2. The predicted octanol–water partition coefficient (Wildman–Crippen LogP) is 1.14. The van der Waals surface area contributed by atoms with Crippen LogP contribution in [0.15, 0.2) is 42.5 Å². The summed E-state index contributed by atoms with van der Waals surface area (Å²) in [7, 11) is -4.12. The molecule has 4 N–H and O–H groups in total. The highest BCUT2D eigenvalue weighted by Gasteiger charge is 2.28. The predicted molar refractivity (Wildman–Crippen MR) is 114 cm³/mol. The third kappa shape index (κ3) is 4.39. The normalized spacial score (nSPS) is 14.9. The van der Waals surface area contributed by atoms with E-state index in [1.54, 1.807) is 0 Å². The highest BCUT2D eigenvalue weighted by Crippen LogP contribution is 2.22. The second-order valence-corrected chi connectivity index (χ2v) is 8.57. The zero-order valence-corrected chi connectivity index (χ0v) is 17.4. The Morgan fingerprint density at radius 2 is 1.88 bits per heavy atom. The highest BCUT2D eigenvalue weighted by atomic mass is 32.2. The number of aromatic nitrogens is 2. The number of nitrogens with two attached hydrogens (primary N) is 1. The number of anilines is 2. The summed E-state index contributed by atoms with van der Waals surface area (Å²) in [5.41, 5.74) is 6.71. The molecule has 1 aromatic heterocycles. The van der Waals surface area contributed by atoms with Gasteiger partial charge in [0.15, 0.2) is 0 Å². The van der Waals surface area contributed by atoms with E-state index in [1.807, 2.05) is 4.72 Å². The minimum Gasteiger partial charge on any atom is -0.379 e. The van der Waals surface area contributed by atoms with E-state index < -0.39 is 28.0 Å². The van der Waals surface area contributed by atoms with Crippen molar-refractivity contribution in [3.63, 3.8) is 0 Å². The molecule has 1 aliphatic heterocycles. The average molecular weight is 462 g/mol. The number of amides is 2. The molecule has 0 spiro atoms. The molecule has 0 bridgehead atoms. The third-order valence-corrected chi connectivity index (χ3v) is 6.23. The number of nitrogen functional groups attached to an aromatic ring is 1. The van der Waals surface area contributed by atoms with E-state index >= 15 is 0 Å². The van der Waals surface area contributed by atoms with Crippen LogP contribution in [-0.4, -0.2) is 60.5 Å². The van der Waals surface area contributed by atoms with E-state index in [9.17, 15) is 22.4 Å². The number of hydrogen-bond acceptors (Lipinski definition) is 7. The summed E-state index contributed by atoms with van der Waals surface area (Å²) in [6.07, 6.45) is 0. The number of halogens is 1. The summed E-state index contributed by atoms with van der Waals surface area (Å²) >= 11 is 0. The molecule has 0 saturated carbocycles. The van der Waals surface area contributed by atoms with Gasteiger partial charge in [-0.05, 0) is 36.4 Å². The monoisotopic (exact) mass is 462 g/mol. The van der Waals surface area contributed by atoms with Crippen LogP contribution in [0.4, 0.5) is 20.8 Å². The van der Waals surface area contributed by atoms with Gasteiger partial charge >= 0.3 is 16.2 Å². The van der Waals surface area contributed by atoms with Crippen LogP contribution in [0.25, 0.3) is 11.0 Å². The Hall–Kier alpha value is -3.55. The molecular formula is C19H19FN6O5S. The maximum Gasteiger partial charge on any atom is 0.343 e. The quantitative estimate of drug-likeness (QED) is 0.526. The minimum absolute atomic E-state index is 0.104. The molecule has 168 valence electrons. The summed E-state index contributed by atoms with van der Waals surface area (Å²) in [4.78, 5) is 29.2. The summed E-state index contributed by atoms with van der Waals surface area (Å²) in [6.45, 7) is 0.664. The van der Waals surface area contributed by atoms with Crippen LogP contribution >= 0.6 is 0 Å². The first-order valence-electron chi connectivity index (χ1n) is 9.49. The third-order valence-electron chi connectivity index (χ3n) is 4.75. The molecule has 32 heavy (non-hydrogen) atoms. The van der Waals surface area contributed by atoms with Crippen molar-refractivity contribution in [1.29, 1.82) is 0 Å². The van der Waals surface area contributed by atoms with Crippen molar-refractivity contribution >= 4 is 44.8 Å². The second kappa shape index (κ2) is 8.53. The Labute approximate surface area is 182 Å². The summed E-state index contributed by atoms with van der Waals surface area (Å²) in [5, 5.41) is 2.59. The van der Waals surface area contributed by atoms with Crippen molar-refractivity contribution in [2.24, 2.45) is 0 Å². The number of hydrogen-bond donors (Lipinski definition) is 3. The van der Waals surface area contributed by atoms with Crippen LogP contribution in [0.2, 0.25) is 0 Å². The Kier molecular flexibility index (Phi) is 5.78. The van der Waals surface area contributed by atoms with Crippen molar-refractivity contribution in [2.45, 2.75) is 0 Å². The second-order valence-electron chi connectivity index (χ2n) is 6.90. The van der Waals surface area contributed by atoms with Crippen LogP contribution in [0.5, 0.6) is 0 Å². The summed E-state index contributed by atoms with van der Waals surface area (Å²) in [6, 6.07) is 8.58. The zero-order chi connectivity index (χ0) is 22.9. The zero-order valence-electron chi connectivity index (χ0n) is 16.6. The fraction of sp³-hybridized carbons (Fsp3) is 0.211. The van der Waals surface area contributed by atoms with Crippen LogP contribution in [0.1, 0.15) is 10.4 Å². The van der Waals surface area contributed by atoms with Gasteiger partial charge in [0.2, 0.25) is 5.95 Å². The molecular weight excluding hydrogens is 443 g/mol. The Morgan fingerprint density at radius 3 is 2.59 bits per heavy atom. The van der Waals surface area contributed by atoms with Crippen molar-refractivity contribution < 1.29 is 27.1 Å². The SMILES string of the molecule is Nc1nc2ccc(NC(=O)c3cccc(F)c3)cc2n1C(=O)NS(=O)(=O)N1CCOCC1. The number of fused-ring (bicyclic) bond motifs is 1. The van der Waals surface area contributed by atoms with Crippen LogP contribution < -0.4 is 15.8 Å². The molecule has 11 nitrogen and oxygen atoms in total. The number of nitrogens with zero attached hydrogens (tertiary/aromatic N) is 3. The number of benzene rings is 2. The van der Waals surface area contributed by atoms with E-state index in [4.69, 9.17) is 10.5 Å². The summed E-state index contributed by atoms with van der Waals surface area (Å²) in [5.74, 6) is -1.36. The van der Waals surface area contributed by atoms with Gasteiger partial charge in [0.05, 0.1) is 24.2 Å². The molecule has 2 heterocycles. The molecule has 2 amide bonds. The number of carbonyl (C=O) groups excluding carboxylic acids is 2. The van der Waals surface area contributed by atoms with Crippen LogP contribution in [-0.2, 0) is 14.9 Å². The fourth-order valence-electron chi connectivity index (χ4n) is 3.23. The molecule has 0 atom stereocenters. The van der Waals surface area contributed by atoms with Gasteiger partial charge in [-0.1, -0.05) is 6.07 Å². The molecule has 2 aromatic carbocycles. The molecule has 0 radical (unpaired) electrons.